The van der Waals surface area contributed by atoms with E-state index in [1.54, 1.807) is 10.7 Å². The average Bonchev–Trinajstić information content (AvgIpc) is 3.18. The second-order valence-corrected chi connectivity index (χ2v) is 8.78. The molecule has 0 saturated carbocycles. The molecule has 1 saturated heterocycles. The number of nitrogens with one attached hydrogen (secondary N) is 1. The highest BCUT2D eigenvalue weighted by Crippen LogP contribution is 2.30. The Bertz CT molecular complexity index is 925. The highest BCUT2D eigenvalue weighted by Gasteiger charge is 2.28. The topological polar surface area (TPSA) is 74.6 Å². The first-order chi connectivity index (χ1) is 14.6. The molecule has 2 atom stereocenters. The zero-order chi connectivity index (χ0) is 20.5. The summed E-state index contributed by atoms with van der Waals surface area (Å²) in [5, 5.41) is 8.15. The van der Waals surface area contributed by atoms with Crippen LogP contribution in [0, 0.1) is 5.92 Å². The van der Waals surface area contributed by atoms with Crippen LogP contribution in [0.25, 0.3) is 0 Å². The lowest BCUT2D eigenvalue weighted by atomic mass is 9.92. The summed E-state index contributed by atoms with van der Waals surface area (Å²) in [5.74, 6) is 1.95. The molecule has 0 radical (unpaired) electrons. The lowest BCUT2D eigenvalue weighted by Gasteiger charge is -2.29. The van der Waals surface area contributed by atoms with Gasteiger partial charge in [-0.15, -0.1) is 0 Å². The van der Waals surface area contributed by atoms with E-state index in [1.165, 1.54) is 0 Å². The largest absolute Gasteiger partial charge is 0.491 e. The van der Waals surface area contributed by atoms with Crippen LogP contribution in [-0.4, -0.2) is 47.7 Å². The zero-order valence-electron chi connectivity index (χ0n) is 16.8. The summed E-state index contributed by atoms with van der Waals surface area (Å²) >= 11 is 6.08. The Morgan fingerprint density at radius 3 is 2.97 bits per heavy atom. The molecule has 2 aromatic rings. The third-order valence-electron chi connectivity index (χ3n) is 6.13. The predicted molar refractivity (Wildman–Crippen MR) is 111 cm³/mol. The smallest absolute Gasteiger partial charge is 0.272 e. The van der Waals surface area contributed by atoms with Gasteiger partial charge in [0.2, 0.25) is 5.88 Å². The van der Waals surface area contributed by atoms with Crippen molar-refractivity contribution in [3.05, 3.63) is 40.5 Å². The van der Waals surface area contributed by atoms with Gasteiger partial charge < -0.3 is 19.5 Å². The van der Waals surface area contributed by atoms with E-state index in [1.807, 2.05) is 18.2 Å². The lowest BCUT2D eigenvalue weighted by molar-refractivity contribution is 0.0388. The van der Waals surface area contributed by atoms with Crippen LogP contribution in [0.3, 0.4) is 0 Å². The number of halogens is 1. The number of aromatic nitrogens is 2. The molecule has 0 bridgehead atoms. The van der Waals surface area contributed by atoms with Crippen molar-refractivity contribution in [1.29, 1.82) is 0 Å². The summed E-state index contributed by atoms with van der Waals surface area (Å²) in [6.07, 6.45) is 5.02. The van der Waals surface area contributed by atoms with Gasteiger partial charge in [-0.25, -0.2) is 4.68 Å². The molecule has 30 heavy (non-hydrogen) atoms. The van der Waals surface area contributed by atoms with Crippen molar-refractivity contribution >= 4 is 17.5 Å². The summed E-state index contributed by atoms with van der Waals surface area (Å²) in [6, 6.07) is 7.19. The van der Waals surface area contributed by atoms with Gasteiger partial charge in [0, 0.05) is 37.3 Å². The number of ether oxygens (including phenoxy) is 3. The second-order valence-electron chi connectivity index (χ2n) is 8.35. The maximum absolute atomic E-state index is 12.8. The molecule has 3 aliphatic heterocycles. The van der Waals surface area contributed by atoms with E-state index in [4.69, 9.17) is 25.8 Å². The number of hydrogen-bond donors (Lipinski definition) is 1. The van der Waals surface area contributed by atoms with Crippen LogP contribution in [0.15, 0.2) is 24.3 Å². The Morgan fingerprint density at radius 2 is 2.10 bits per heavy atom. The first-order valence-corrected chi connectivity index (χ1v) is 11.1. The van der Waals surface area contributed by atoms with Crippen LogP contribution < -0.4 is 14.8 Å². The van der Waals surface area contributed by atoms with Gasteiger partial charge in [0.25, 0.3) is 5.91 Å². The molecular formula is C22H26ClN3O4. The Hall–Kier alpha value is -2.25. The number of rotatable bonds is 4. The minimum absolute atomic E-state index is 0.121. The molecule has 8 heteroatoms. The molecule has 1 fully saturated rings. The van der Waals surface area contributed by atoms with E-state index in [2.05, 4.69) is 10.4 Å². The first-order valence-electron chi connectivity index (χ1n) is 10.7. The maximum atomic E-state index is 12.8. The molecular weight excluding hydrogens is 406 g/mol. The molecule has 1 aromatic heterocycles. The highest BCUT2D eigenvalue weighted by molar-refractivity contribution is 6.30. The van der Waals surface area contributed by atoms with Crippen molar-refractivity contribution in [2.24, 2.45) is 5.92 Å². The van der Waals surface area contributed by atoms with Gasteiger partial charge in [0.1, 0.15) is 18.5 Å². The van der Waals surface area contributed by atoms with Gasteiger partial charge >= 0.3 is 0 Å². The van der Waals surface area contributed by atoms with E-state index >= 15 is 0 Å². The Labute approximate surface area is 180 Å². The number of carbonyl (C=O) groups excluding carboxylic acids is 1. The molecule has 7 nitrogen and oxygen atoms in total. The van der Waals surface area contributed by atoms with Crippen LogP contribution in [-0.2, 0) is 17.7 Å². The van der Waals surface area contributed by atoms with Crippen LogP contribution in [0.2, 0.25) is 5.02 Å². The zero-order valence-corrected chi connectivity index (χ0v) is 17.6. The van der Waals surface area contributed by atoms with Gasteiger partial charge in [0.05, 0.1) is 6.04 Å². The molecule has 3 aliphatic rings. The van der Waals surface area contributed by atoms with E-state index < -0.39 is 0 Å². The summed E-state index contributed by atoms with van der Waals surface area (Å²) < 4.78 is 19.2. The minimum atomic E-state index is -0.208. The van der Waals surface area contributed by atoms with Gasteiger partial charge in [-0.3, -0.25) is 4.79 Å². The van der Waals surface area contributed by atoms with E-state index in [9.17, 15) is 4.79 Å². The lowest BCUT2D eigenvalue weighted by Crippen LogP contribution is -2.42. The molecule has 160 valence electrons. The van der Waals surface area contributed by atoms with Crippen LogP contribution >= 0.6 is 11.6 Å². The minimum Gasteiger partial charge on any atom is -0.491 e. The second kappa shape index (κ2) is 8.47. The number of amides is 1. The summed E-state index contributed by atoms with van der Waals surface area (Å²) in [6.45, 7) is 2.90. The number of hydrogen-bond acceptors (Lipinski definition) is 5. The normalized spacial score (nSPS) is 23.6. The van der Waals surface area contributed by atoms with Gasteiger partial charge in [-0.05, 0) is 55.4 Å². The summed E-state index contributed by atoms with van der Waals surface area (Å²) in [5.41, 5.74) is 1.39. The molecule has 5 rings (SSSR count). The van der Waals surface area contributed by atoms with Gasteiger partial charge in [0.15, 0.2) is 5.69 Å². The van der Waals surface area contributed by atoms with E-state index in [0.717, 1.165) is 56.8 Å². The molecule has 1 aromatic carbocycles. The van der Waals surface area contributed by atoms with Crippen molar-refractivity contribution in [1.82, 2.24) is 15.1 Å². The monoisotopic (exact) mass is 431 g/mol. The van der Waals surface area contributed by atoms with Crippen molar-refractivity contribution < 1.29 is 19.0 Å². The van der Waals surface area contributed by atoms with Crippen molar-refractivity contribution in [3.8, 4) is 11.6 Å². The molecule has 0 spiro atoms. The summed E-state index contributed by atoms with van der Waals surface area (Å²) in [4.78, 5) is 12.8. The number of aryl methyl sites for hydroxylation is 1. The fourth-order valence-corrected chi connectivity index (χ4v) is 4.69. The van der Waals surface area contributed by atoms with Crippen molar-refractivity contribution in [2.75, 3.05) is 19.8 Å². The Balaban J connectivity index is 1.20. The molecule has 1 unspecified atom stereocenters. The van der Waals surface area contributed by atoms with Crippen LogP contribution in [0.1, 0.15) is 41.7 Å². The SMILES string of the molecule is O=C(N[C@H]1COc2ccc(Cl)cc2C1)c1cc2n(n1)CCC(CC1CCOCC1)O2. The Kier molecular flexibility index (Phi) is 5.56. The first kappa shape index (κ1) is 19.7. The number of fused-ring (bicyclic) bond motifs is 2. The standard InChI is InChI=1S/C22H26ClN3O4/c23-16-1-2-20-15(10-16)11-17(13-29-20)24-22(27)19-12-21-26(25-19)6-3-18(30-21)9-14-4-7-28-8-5-14/h1-2,10,12,14,17-18H,3-9,11,13H2,(H,24,27)/t17-,18?/m1/s1. The van der Waals surface area contributed by atoms with Gasteiger partial charge in [-0.1, -0.05) is 11.6 Å². The fraction of sp³-hybridized carbons (Fsp3) is 0.545. The molecule has 1 amide bonds. The highest BCUT2D eigenvalue weighted by atomic mass is 35.5. The number of benzene rings is 1. The molecule has 1 N–H and O–H groups in total. The Morgan fingerprint density at radius 1 is 1.23 bits per heavy atom. The number of nitrogens with zero attached hydrogens (tertiary/aromatic N) is 2. The average molecular weight is 432 g/mol. The predicted octanol–water partition coefficient (Wildman–Crippen LogP) is 3.24. The quantitative estimate of drug-likeness (QED) is 0.804. The molecule has 0 aliphatic carbocycles. The van der Waals surface area contributed by atoms with Gasteiger partial charge in [-0.2, -0.15) is 5.10 Å². The van der Waals surface area contributed by atoms with Crippen LogP contribution in [0.5, 0.6) is 11.6 Å². The molecule has 4 heterocycles. The van der Waals surface area contributed by atoms with Crippen LogP contribution in [0.4, 0.5) is 0 Å². The van der Waals surface area contributed by atoms with Crippen molar-refractivity contribution in [2.45, 2.75) is 50.8 Å². The fourth-order valence-electron chi connectivity index (χ4n) is 4.50. The third kappa shape index (κ3) is 4.27. The third-order valence-corrected chi connectivity index (χ3v) is 6.36. The van der Waals surface area contributed by atoms with Crippen molar-refractivity contribution in [3.63, 3.8) is 0 Å². The van der Waals surface area contributed by atoms with E-state index in [0.29, 0.717) is 35.5 Å². The maximum Gasteiger partial charge on any atom is 0.272 e. The summed E-state index contributed by atoms with van der Waals surface area (Å²) in [7, 11) is 0. The van der Waals surface area contributed by atoms with E-state index in [-0.39, 0.29) is 18.1 Å². The number of carbonyl (C=O) groups is 1.